The largest absolute Gasteiger partial charge is 0.399 e. The van der Waals surface area contributed by atoms with E-state index in [-0.39, 0.29) is 11.5 Å². The summed E-state index contributed by atoms with van der Waals surface area (Å²) in [7, 11) is 0. The second kappa shape index (κ2) is 6.06. The molecule has 1 heterocycles. The predicted octanol–water partition coefficient (Wildman–Crippen LogP) is 1.89. The first-order valence-electron chi connectivity index (χ1n) is 6.83. The van der Waals surface area contributed by atoms with Gasteiger partial charge in [0.05, 0.1) is 5.60 Å². The molecule has 104 valence electrons. The minimum absolute atomic E-state index is 0.0555. The summed E-state index contributed by atoms with van der Waals surface area (Å²) in [5.41, 5.74) is 7.45. The Morgan fingerprint density at radius 3 is 2.95 bits per heavy atom. The molecule has 1 aromatic carbocycles. The lowest BCUT2D eigenvalue weighted by atomic mass is 10.0. The third-order valence-corrected chi connectivity index (χ3v) is 3.64. The number of carbonyl (C=O) groups is 1. The first-order valence-corrected chi connectivity index (χ1v) is 6.83. The van der Waals surface area contributed by atoms with Crippen molar-refractivity contribution < 1.29 is 9.53 Å². The fraction of sp³-hybridized carbons (Fsp3) is 0.533. The van der Waals surface area contributed by atoms with Crippen LogP contribution in [-0.2, 0) is 16.0 Å². The van der Waals surface area contributed by atoms with Crippen molar-refractivity contribution in [3.05, 3.63) is 29.8 Å². The molecule has 1 amide bonds. The van der Waals surface area contributed by atoms with Gasteiger partial charge in [0.1, 0.15) is 0 Å². The molecule has 0 aliphatic carbocycles. The molecule has 0 spiro atoms. The van der Waals surface area contributed by atoms with Gasteiger partial charge in [-0.1, -0.05) is 18.2 Å². The highest BCUT2D eigenvalue weighted by Gasteiger charge is 2.29. The maximum absolute atomic E-state index is 11.8. The van der Waals surface area contributed by atoms with Gasteiger partial charge >= 0.3 is 0 Å². The zero-order valence-corrected chi connectivity index (χ0v) is 11.4. The minimum Gasteiger partial charge on any atom is -0.399 e. The van der Waals surface area contributed by atoms with Gasteiger partial charge in [-0.05, 0) is 37.8 Å². The van der Waals surface area contributed by atoms with Gasteiger partial charge in [0.25, 0.3) is 0 Å². The Bertz CT molecular complexity index is 440. The van der Waals surface area contributed by atoms with Crippen molar-refractivity contribution in [1.29, 1.82) is 0 Å². The number of nitrogen functional groups attached to an aromatic ring is 1. The number of para-hydroxylation sites is 1. The molecule has 0 bridgehead atoms. The number of carbonyl (C=O) groups excluding carboxylic acids is 1. The molecule has 4 heteroatoms. The van der Waals surface area contributed by atoms with Crippen molar-refractivity contribution >= 4 is 11.6 Å². The summed E-state index contributed by atoms with van der Waals surface area (Å²) in [5.74, 6) is 0.0555. The number of anilines is 1. The number of hydrogen-bond acceptors (Lipinski definition) is 3. The lowest BCUT2D eigenvalue weighted by Gasteiger charge is -2.23. The Hall–Kier alpha value is -1.55. The Kier molecular flexibility index (Phi) is 4.43. The Morgan fingerprint density at radius 1 is 1.47 bits per heavy atom. The molecule has 1 aromatic rings. The molecule has 1 saturated heterocycles. The molecule has 0 saturated carbocycles. The van der Waals surface area contributed by atoms with E-state index in [0.29, 0.717) is 19.4 Å². The maximum Gasteiger partial charge on any atom is 0.220 e. The number of ether oxygens (including phenoxy) is 1. The molecule has 1 fully saturated rings. The van der Waals surface area contributed by atoms with Crippen molar-refractivity contribution in [3.8, 4) is 0 Å². The summed E-state index contributed by atoms with van der Waals surface area (Å²) >= 11 is 0. The number of nitrogens with two attached hydrogens (primary N) is 1. The molecule has 0 aromatic heterocycles. The van der Waals surface area contributed by atoms with Crippen molar-refractivity contribution in [1.82, 2.24) is 5.32 Å². The van der Waals surface area contributed by atoms with E-state index in [1.165, 1.54) is 0 Å². The van der Waals surface area contributed by atoms with Gasteiger partial charge in [-0.25, -0.2) is 0 Å². The number of hydrogen-bond donors (Lipinski definition) is 2. The summed E-state index contributed by atoms with van der Waals surface area (Å²) in [6.07, 6.45) is 3.23. The van der Waals surface area contributed by atoms with Crippen molar-refractivity contribution in [3.63, 3.8) is 0 Å². The van der Waals surface area contributed by atoms with Crippen molar-refractivity contribution in [2.24, 2.45) is 0 Å². The van der Waals surface area contributed by atoms with E-state index in [1.54, 1.807) is 0 Å². The van der Waals surface area contributed by atoms with Crippen LogP contribution >= 0.6 is 0 Å². The lowest BCUT2D eigenvalue weighted by molar-refractivity contribution is -0.122. The zero-order valence-electron chi connectivity index (χ0n) is 11.4. The standard InChI is InChI=1S/C15H22N2O2/c1-15(9-4-10-19-15)11-17-14(18)8-7-12-5-2-3-6-13(12)16/h2-3,5-6H,4,7-11,16H2,1H3,(H,17,18). The van der Waals surface area contributed by atoms with Gasteiger partial charge in [-0.3, -0.25) is 4.79 Å². The molecule has 1 aliphatic rings. The van der Waals surface area contributed by atoms with Crippen molar-refractivity contribution in [2.75, 3.05) is 18.9 Å². The van der Waals surface area contributed by atoms with E-state index in [2.05, 4.69) is 12.2 Å². The number of benzene rings is 1. The second-order valence-corrected chi connectivity index (χ2v) is 5.38. The van der Waals surface area contributed by atoms with E-state index in [1.807, 2.05) is 24.3 Å². The van der Waals surface area contributed by atoms with Crippen LogP contribution in [0.5, 0.6) is 0 Å². The molecule has 3 N–H and O–H groups in total. The molecular formula is C15H22N2O2. The zero-order chi connectivity index (χ0) is 13.7. The van der Waals surface area contributed by atoms with Crippen LogP contribution in [-0.4, -0.2) is 24.7 Å². The molecule has 19 heavy (non-hydrogen) atoms. The highest BCUT2D eigenvalue weighted by Crippen LogP contribution is 2.23. The SMILES string of the molecule is CC1(CNC(=O)CCc2ccccc2N)CCCO1. The van der Waals surface area contributed by atoms with Gasteiger partial charge in [0.15, 0.2) is 0 Å². The topological polar surface area (TPSA) is 64.4 Å². The summed E-state index contributed by atoms with van der Waals surface area (Å²) in [5, 5.41) is 2.95. The van der Waals surface area contributed by atoms with Gasteiger partial charge < -0.3 is 15.8 Å². The van der Waals surface area contributed by atoms with Crippen LogP contribution < -0.4 is 11.1 Å². The third kappa shape index (κ3) is 3.96. The molecule has 2 rings (SSSR count). The third-order valence-electron chi connectivity index (χ3n) is 3.64. The Balaban J connectivity index is 1.74. The average molecular weight is 262 g/mol. The quantitative estimate of drug-likeness (QED) is 0.796. The van der Waals surface area contributed by atoms with Gasteiger partial charge in [0, 0.05) is 25.3 Å². The Labute approximate surface area is 114 Å². The van der Waals surface area contributed by atoms with Crippen molar-refractivity contribution in [2.45, 2.75) is 38.2 Å². The molecule has 4 nitrogen and oxygen atoms in total. The van der Waals surface area contributed by atoms with E-state index in [9.17, 15) is 4.79 Å². The fourth-order valence-electron chi connectivity index (χ4n) is 2.36. The number of aryl methyl sites for hydroxylation is 1. The first-order chi connectivity index (χ1) is 9.09. The number of amides is 1. The summed E-state index contributed by atoms with van der Waals surface area (Å²) in [4.78, 5) is 11.8. The summed E-state index contributed by atoms with van der Waals surface area (Å²) in [6.45, 7) is 3.44. The highest BCUT2D eigenvalue weighted by molar-refractivity contribution is 5.76. The van der Waals surface area contributed by atoms with Crippen LogP contribution in [0.2, 0.25) is 0 Å². The van der Waals surface area contributed by atoms with Crippen LogP contribution in [0.3, 0.4) is 0 Å². The summed E-state index contributed by atoms with van der Waals surface area (Å²) < 4.78 is 5.64. The fourth-order valence-corrected chi connectivity index (χ4v) is 2.36. The van der Waals surface area contributed by atoms with E-state index in [0.717, 1.165) is 30.7 Å². The number of nitrogens with one attached hydrogen (secondary N) is 1. The summed E-state index contributed by atoms with van der Waals surface area (Å²) in [6, 6.07) is 7.67. The molecular weight excluding hydrogens is 240 g/mol. The monoisotopic (exact) mass is 262 g/mol. The van der Waals surface area contributed by atoms with Crippen LogP contribution in [0.4, 0.5) is 5.69 Å². The molecule has 1 aliphatic heterocycles. The van der Waals surface area contributed by atoms with E-state index >= 15 is 0 Å². The molecule has 0 radical (unpaired) electrons. The maximum atomic E-state index is 11.8. The average Bonchev–Trinajstić information content (AvgIpc) is 2.83. The van der Waals surface area contributed by atoms with E-state index in [4.69, 9.17) is 10.5 Å². The van der Waals surface area contributed by atoms with Crippen LogP contribution in [0, 0.1) is 0 Å². The van der Waals surface area contributed by atoms with Gasteiger partial charge in [-0.15, -0.1) is 0 Å². The van der Waals surface area contributed by atoms with Crippen LogP contribution in [0.15, 0.2) is 24.3 Å². The van der Waals surface area contributed by atoms with Crippen LogP contribution in [0.1, 0.15) is 31.7 Å². The van der Waals surface area contributed by atoms with Crippen LogP contribution in [0.25, 0.3) is 0 Å². The Morgan fingerprint density at radius 2 is 2.26 bits per heavy atom. The van der Waals surface area contributed by atoms with Gasteiger partial charge in [-0.2, -0.15) is 0 Å². The lowest BCUT2D eigenvalue weighted by Crippen LogP contribution is -2.40. The first kappa shape index (κ1) is 13.9. The van der Waals surface area contributed by atoms with Gasteiger partial charge in [0.2, 0.25) is 5.91 Å². The minimum atomic E-state index is -0.179. The number of rotatable bonds is 5. The normalized spacial score (nSPS) is 22.4. The molecule has 1 unspecified atom stereocenters. The van der Waals surface area contributed by atoms with E-state index < -0.39 is 0 Å². The molecule has 1 atom stereocenters. The smallest absolute Gasteiger partial charge is 0.220 e. The highest BCUT2D eigenvalue weighted by atomic mass is 16.5. The predicted molar refractivity (Wildman–Crippen MR) is 75.8 cm³/mol. The second-order valence-electron chi connectivity index (χ2n) is 5.38.